The SMILES string of the molecule is CC1(C)c2ccccc2C2(c3ccc([Si](c4ccccc4)(c4cccc(-c5ccccc5)c4)c4cccc(-c5ccccc5)c4)cc3-n3c4ccccc4c4cccc2c43)c2ccccc21. The molecule has 0 N–H and O–H groups in total. The number of aromatic nitrogens is 1. The fourth-order valence-electron chi connectivity index (χ4n) is 12.4. The van der Waals surface area contributed by atoms with Gasteiger partial charge in [0, 0.05) is 16.2 Å². The Labute approximate surface area is 387 Å². The van der Waals surface area contributed by atoms with Crippen molar-refractivity contribution < 1.29 is 0 Å². The summed E-state index contributed by atoms with van der Waals surface area (Å²) in [5, 5.41) is 7.96. The molecule has 1 aliphatic heterocycles. The van der Waals surface area contributed by atoms with Gasteiger partial charge >= 0.3 is 0 Å². The molecule has 312 valence electrons. The van der Waals surface area contributed by atoms with Crippen LogP contribution < -0.4 is 20.7 Å². The summed E-state index contributed by atoms with van der Waals surface area (Å²) >= 11 is 0. The Bertz CT molecular complexity index is 3540. The Balaban J connectivity index is 1.20. The number of para-hydroxylation sites is 2. The van der Waals surface area contributed by atoms with Crippen molar-refractivity contribution in [3.05, 3.63) is 282 Å². The molecule has 1 nitrogen and oxygen atoms in total. The molecule has 2 aliphatic rings. The van der Waals surface area contributed by atoms with E-state index in [0.29, 0.717) is 0 Å². The molecule has 0 saturated carbocycles. The average Bonchev–Trinajstić information content (AvgIpc) is 3.73. The Morgan fingerprint density at radius 1 is 0.318 bits per heavy atom. The summed E-state index contributed by atoms with van der Waals surface area (Å²) in [6, 6.07) is 94.6. The number of hydrogen-bond acceptors (Lipinski definition) is 0. The van der Waals surface area contributed by atoms with Crippen LogP contribution in [0.1, 0.15) is 47.2 Å². The van der Waals surface area contributed by atoms with Gasteiger partial charge in [-0.3, -0.25) is 0 Å². The van der Waals surface area contributed by atoms with Crippen LogP contribution in [0.4, 0.5) is 0 Å². The summed E-state index contributed by atoms with van der Waals surface area (Å²) in [5.41, 5.74) is 16.0. The lowest BCUT2D eigenvalue weighted by Gasteiger charge is -2.50. The third-order valence-electron chi connectivity index (χ3n) is 15.2. The van der Waals surface area contributed by atoms with E-state index in [1.807, 2.05) is 0 Å². The smallest absolute Gasteiger partial charge is 0.179 e. The topological polar surface area (TPSA) is 4.93 Å². The maximum Gasteiger partial charge on any atom is 0.179 e. The molecule has 2 heteroatoms. The summed E-state index contributed by atoms with van der Waals surface area (Å²) < 4.78 is 2.62. The standard InChI is InChI=1S/C64H47NSi/c1-63(2)54-33-13-15-35-56(54)64(57-36-16-14-34-55(57)63)58-40-39-51(43-61(58)65-60-38-17-12-31-52(60)53-32-20-37-59(64)62(53)65)66(48-27-10-5-11-28-48,49-29-18-25-46(41-49)44-21-6-3-7-22-44)50-30-19-26-47(42-50)45-23-8-4-9-24-45/h3-43H,1-2H3. The van der Waals surface area contributed by atoms with E-state index in [-0.39, 0.29) is 5.41 Å². The minimum absolute atomic E-state index is 0.195. The highest BCUT2D eigenvalue weighted by atomic mass is 28.3. The Morgan fingerprint density at radius 2 is 0.758 bits per heavy atom. The van der Waals surface area contributed by atoms with Crippen LogP contribution in [0, 0.1) is 0 Å². The second-order valence-corrected chi connectivity index (χ2v) is 22.6. The lowest BCUT2D eigenvalue weighted by molar-refractivity contribution is 0.556. The lowest BCUT2D eigenvalue weighted by Crippen LogP contribution is -2.74. The minimum atomic E-state index is -3.15. The van der Waals surface area contributed by atoms with Gasteiger partial charge in [-0.2, -0.15) is 0 Å². The zero-order valence-electron chi connectivity index (χ0n) is 37.1. The second-order valence-electron chi connectivity index (χ2n) is 18.8. The van der Waals surface area contributed by atoms with Gasteiger partial charge in [-0.05, 0) is 88.5 Å². The van der Waals surface area contributed by atoms with Crippen LogP contribution in [0.2, 0.25) is 0 Å². The summed E-state index contributed by atoms with van der Waals surface area (Å²) in [5.74, 6) is 0. The highest BCUT2D eigenvalue weighted by Crippen LogP contribution is 2.60. The Morgan fingerprint density at radius 3 is 1.36 bits per heavy atom. The van der Waals surface area contributed by atoms with Gasteiger partial charge in [0.05, 0.1) is 22.1 Å². The van der Waals surface area contributed by atoms with Crippen LogP contribution in [0.3, 0.4) is 0 Å². The predicted molar refractivity (Wildman–Crippen MR) is 279 cm³/mol. The Hall–Kier alpha value is -7.78. The molecule has 1 aromatic heterocycles. The van der Waals surface area contributed by atoms with Gasteiger partial charge in [0.2, 0.25) is 0 Å². The number of nitrogens with zero attached hydrogens (tertiary/aromatic N) is 1. The number of fused-ring (bicyclic) bond motifs is 11. The zero-order chi connectivity index (χ0) is 44.0. The predicted octanol–water partition coefficient (Wildman–Crippen LogP) is 12.8. The first-order chi connectivity index (χ1) is 32.5. The first-order valence-corrected chi connectivity index (χ1v) is 25.3. The van der Waals surface area contributed by atoms with E-state index in [1.54, 1.807) is 0 Å². The molecule has 11 aromatic rings. The Kier molecular flexibility index (Phi) is 8.56. The van der Waals surface area contributed by atoms with Gasteiger partial charge in [0.15, 0.2) is 8.07 Å². The largest absolute Gasteiger partial charge is 0.309 e. The lowest BCUT2D eigenvalue weighted by atomic mass is 9.53. The van der Waals surface area contributed by atoms with Gasteiger partial charge in [0.1, 0.15) is 0 Å². The number of rotatable bonds is 6. The maximum absolute atomic E-state index is 3.15. The molecule has 0 fully saturated rings. The molecule has 0 unspecified atom stereocenters. The van der Waals surface area contributed by atoms with Crippen molar-refractivity contribution in [2.24, 2.45) is 0 Å². The fourth-order valence-corrected chi connectivity index (χ4v) is 17.2. The van der Waals surface area contributed by atoms with E-state index < -0.39 is 13.5 Å². The molecular formula is C64H47NSi. The highest BCUT2D eigenvalue weighted by Gasteiger charge is 2.53. The quantitative estimate of drug-likeness (QED) is 0.116. The first-order valence-electron chi connectivity index (χ1n) is 23.3. The molecule has 0 amide bonds. The summed E-state index contributed by atoms with van der Waals surface area (Å²) in [6.07, 6.45) is 0. The van der Waals surface area contributed by atoms with Crippen LogP contribution in [-0.4, -0.2) is 12.6 Å². The summed E-state index contributed by atoms with van der Waals surface area (Å²) in [6.45, 7) is 4.82. The van der Waals surface area contributed by atoms with Gasteiger partial charge in [-0.25, -0.2) is 0 Å². The minimum Gasteiger partial charge on any atom is -0.309 e. The van der Waals surface area contributed by atoms with Crippen LogP contribution in [-0.2, 0) is 10.8 Å². The van der Waals surface area contributed by atoms with Crippen LogP contribution in [0.5, 0.6) is 0 Å². The zero-order valence-corrected chi connectivity index (χ0v) is 38.1. The van der Waals surface area contributed by atoms with Crippen molar-refractivity contribution in [1.82, 2.24) is 4.57 Å². The van der Waals surface area contributed by atoms with Crippen molar-refractivity contribution >= 4 is 50.6 Å². The first kappa shape index (κ1) is 38.7. The average molecular weight is 858 g/mol. The molecule has 1 aliphatic carbocycles. The highest BCUT2D eigenvalue weighted by molar-refractivity contribution is 7.20. The maximum atomic E-state index is 2.63. The van der Waals surface area contributed by atoms with Crippen molar-refractivity contribution in [3.63, 3.8) is 0 Å². The number of benzene rings is 10. The van der Waals surface area contributed by atoms with E-state index in [1.165, 1.54) is 104 Å². The summed E-state index contributed by atoms with van der Waals surface area (Å²) in [4.78, 5) is 0. The van der Waals surface area contributed by atoms with E-state index in [9.17, 15) is 0 Å². The van der Waals surface area contributed by atoms with Gasteiger partial charge < -0.3 is 4.57 Å². The molecule has 0 atom stereocenters. The molecule has 0 saturated heterocycles. The molecule has 2 heterocycles. The van der Waals surface area contributed by atoms with E-state index >= 15 is 0 Å². The molecule has 10 aromatic carbocycles. The van der Waals surface area contributed by atoms with E-state index in [4.69, 9.17) is 0 Å². The molecule has 0 bridgehead atoms. The van der Waals surface area contributed by atoms with Crippen molar-refractivity contribution in [2.75, 3.05) is 0 Å². The molecule has 66 heavy (non-hydrogen) atoms. The molecule has 1 spiro atoms. The molecule has 13 rings (SSSR count). The normalized spacial score (nSPS) is 14.2. The van der Waals surface area contributed by atoms with Crippen LogP contribution in [0.25, 0.3) is 49.7 Å². The van der Waals surface area contributed by atoms with E-state index in [2.05, 4.69) is 267 Å². The summed E-state index contributed by atoms with van der Waals surface area (Å²) in [7, 11) is -3.15. The van der Waals surface area contributed by atoms with Crippen molar-refractivity contribution in [3.8, 4) is 27.9 Å². The van der Waals surface area contributed by atoms with Gasteiger partial charge in [0.25, 0.3) is 0 Å². The third-order valence-corrected chi connectivity index (χ3v) is 19.9. The van der Waals surface area contributed by atoms with Crippen molar-refractivity contribution in [1.29, 1.82) is 0 Å². The van der Waals surface area contributed by atoms with E-state index in [0.717, 1.165) is 0 Å². The molecule has 0 radical (unpaired) electrons. The molecular weight excluding hydrogens is 811 g/mol. The fraction of sp³-hybridized carbons (Fsp3) is 0.0625. The van der Waals surface area contributed by atoms with Crippen LogP contribution in [0.15, 0.2) is 249 Å². The second kappa shape index (κ2) is 14.6. The van der Waals surface area contributed by atoms with Crippen molar-refractivity contribution in [2.45, 2.75) is 24.7 Å². The number of hydrogen-bond donors (Lipinski definition) is 0. The van der Waals surface area contributed by atoms with Crippen LogP contribution >= 0.6 is 0 Å². The van der Waals surface area contributed by atoms with Gasteiger partial charge in [-0.1, -0.05) is 250 Å². The third kappa shape index (κ3) is 5.28. The van der Waals surface area contributed by atoms with Gasteiger partial charge in [-0.15, -0.1) is 0 Å². The monoisotopic (exact) mass is 857 g/mol.